The van der Waals surface area contributed by atoms with Crippen molar-refractivity contribution in [3.8, 4) is 0 Å². The van der Waals surface area contributed by atoms with Crippen LogP contribution in [0.2, 0.25) is 0 Å². The van der Waals surface area contributed by atoms with Crippen LogP contribution in [0.25, 0.3) is 0 Å². The van der Waals surface area contributed by atoms with Crippen molar-refractivity contribution in [3.63, 3.8) is 0 Å². The first-order chi connectivity index (χ1) is 3.80. The summed E-state index contributed by atoms with van der Waals surface area (Å²) in [5.41, 5.74) is 0. The van der Waals surface area contributed by atoms with E-state index in [1.807, 2.05) is 0 Å². The number of aromatic carboxylic acids is 1. The van der Waals surface area contributed by atoms with Gasteiger partial charge in [0.2, 0.25) is 0 Å². The molecule has 0 aliphatic heterocycles. The van der Waals surface area contributed by atoms with Crippen LogP contribution in [0, 0.1) is 0 Å². The Bertz CT molecular complexity index is 185. The third-order valence-corrected chi connectivity index (χ3v) is 1.59. The van der Waals surface area contributed by atoms with Gasteiger partial charge in [0.15, 0.2) is 0 Å². The number of rotatable bonds is 1. The van der Waals surface area contributed by atoms with Gasteiger partial charge in [-0.3, -0.25) is 0 Å². The molecule has 1 aromatic heterocycles. The van der Waals surface area contributed by atoms with Gasteiger partial charge in [0, 0.05) is 0 Å². The normalized spacial score (nSPS) is 7.20. The Morgan fingerprint density at radius 1 is 1.60 bits per heavy atom. The van der Waals surface area contributed by atoms with Gasteiger partial charge >= 0.3 is 23.0 Å². The minimum Gasteiger partial charge on any atom is -0.477 e. The predicted octanol–water partition coefficient (Wildman–Crippen LogP) is 0.619. The Labute approximate surface area is 72.5 Å². The number of carbonyl (C=O) groups is 1. The van der Waals surface area contributed by atoms with Crippen molar-refractivity contribution in [2.75, 3.05) is 0 Å². The van der Waals surface area contributed by atoms with E-state index < -0.39 is 5.97 Å². The van der Waals surface area contributed by atoms with Crippen molar-refractivity contribution < 1.29 is 32.4 Å². The van der Waals surface area contributed by atoms with Crippen LogP contribution < -0.4 is 0 Å². The molecule has 1 rings (SSSR count). The molecule has 0 amide bonds. The summed E-state index contributed by atoms with van der Waals surface area (Å²) in [6, 6.07) is 3.29. The van der Waals surface area contributed by atoms with Crippen LogP contribution in [0.3, 0.4) is 0 Å². The van der Waals surface area contributed by atoms with Crippen molar-refractivity contribution in [2.45, 2.75) is 0 Å². The molecule has 0 fully saturated rings. The summed E-state index contributed by atoms with van der Waals surface area (Å²) in [5.74, 6) is -0.847. The first-order valence-electron chi connectivity index (χ1n) is 2.07. The zero-order valence-corrected chi connectivity index (χ0v) is 6.56. The van der Waals surface area contributed by atoms with E-state index in [1.54, 1.807) is 17.5 Å². The van der Waals surface area contributed by atoms with E-state index in [2.05, 4.69) is 0 Å². The predicted molar refractivity (Wildman–Crippen MR) is 34.9 cm³/mol. The minimum absolute atomic E-state index is 0. The quantitative estimate of drug-likeness (QED) is 0.689. The van der Waals surface area contributed by atoms with Gasteiger partial charge in [-0.1, -0.05) is 6.07 Å². The maximum absolute atomic E-state index is 10.1. The molecule has 0 aliphatic rings. The fourth-order valence-electron chi connectivity index (χ4n) is 0.400. The molecule has 0 unspecified atom stereocenters. The first-order valence-corrected chi connectivity index (χ1v) is 2.95. The Hall–Kier alpha value is -0.351. The standard InChI is InChI=1S/C5H4O2S.Cu.H2O/c6-5(7)4-2-1-3-8-4;;/h1-3H,(H,6,7);;1H2/q;+1;. The Balaban J connectivity index is 0. The summed E-state index contributed by atoms with van der Waals surface area (Å²) in [6.45, 7) is 0. The van der Waals surface area contributed by atoms with E-state index in [-0.39, 0.29) is 22.5 Å². The summed E-state index contributed by atoms with van der Waals surface area (Å²) >= 11 is 1.23. The van der Waals surface area contributed by atoms with Gasteiger partial charge in [0.05, 0.1) is 0 Å². The van der Waals surface area contributed by atoms with Crippen LogP contribution in [0.15, 0.2) is 17.5 Å². The van der Waals surface area contributed by atoms with Gasteiger partial charge in [-0.05, 0) is 11.4 Å². The zero-order valence-electron chi connectivity index (χ0n) is 4.80. The summed E-state index contributed by atoms with van der Waals surface area (Å²) < 4.78 is 0. The van der Waals surface area contributed by atoms with Crippen molar-refractivity contribution in [1.29, 1.82) is 0 Å². The zero-order chi connectivity index (χ0) is 5.98. The van der Waals surface area contributed by atoms with E-state index in [4.69, 9.17) is 5.11 Å². The van der Waals surface area contributed by atoms with E-state index in [0.717, 1.165) is 0 Å². The Kier molecular flexibility index (Phi) is 6.71. The van der Waals surface area contributed by atoms with Gasteiger partial charge in [-0.15, -0.1) is 11.3 Å². The number of hydrogen-bond donors (Lipinski definition) is 1. The van der Waals surface area contributed by atoms with Crippen molar-refractivity contribution in [2.24, 2.45) is 0 Å². The van der Waals surface area contributed by atoms with E-state index in [0.29, 0.717) is 4.88 Å². The maximum Gasteiger partial charge on any atom is 1.00 e. The van der Waals surface area contributed by atoms with Gasteiger partial charge in [0.1, 0.15) is 4.88 Å². The fraction of sp³-hybridized carbons (Fsp3) is 0. The van der Waals surface area contributed by atoms with Crippen LogP contribution >= 0.6 is 11.3 Å². The summed E-state index contributed by atoms with van der Waals surface area (Å²) in [4.78, 5) is 10.5. The third-order valence-electron chi connectivity index (χ3n) is 0.732. The van der Waals surface area contributed by atoms with Crippen molar-refractivity contribution in [1.82, 2.24) is 0 Å². The molecule has 0 atom stereocenters. The van der Waals surface area contributed by atoms with Gasteiger partial charge in [0.25, 0.3) is 0 Å². The molecule has 1 aromatic rings. The average molecular weight is 210 g/mol. The van der Waals surface area contributed by atoms with Gasteiger partial charge in [-0.25, -0.2) is 4.79 Å². The van der Waals surface area contributed by atoms with Crippen LogP contribution in [-0.2, 0) is 17.1 Å². The summed E-state index contributed by atoms with van der Waals surface area (Å²) in [5, 5.41) is 10.0. The number of hydrogen-bond acceptors (Lipinski definition) is 2. The second-order valence-electron chi connectivity index (χ2n) is 1.28. The number of thiophene rings is 1. The second kappa shape index (κ2) is 5.44. The largest absolute Gasteiger partial charge is 1.00 e. The molecular formula is C5H6CuO3S+. The minimum atomic E-state index is -0.847. The molecular weight excluding hydrogens is 204 g/mol. The Morgan fingerprint density at radius 3 is 2.40 bits per heavy atom. The van der Waals surface area contributed by atoms with Crippen molar-refractivity contribution >= 4 is 17.3 Å². The molecule has 0 saturated heterocycles. The average Bonchev–Trinajstić information content (AvgIpc) is 2.12. The van der Waals surface area contributed by atoms with Crippen LogP contribution in [0.4, 0.5) is 0 Å². The van der Waals surface area contributed by atoms with Crippen LogP contribution in [0.1, 0.15) is 9.67 Å². The molecule has 60 valence electrons. The number of carboxylic acids is 1. The van der Waals surface area contributed by atoms with Crippen LogP contribution in [-0.4, -0.2) is 16.6 Å². The molecule has 0 saturated carbocycles. The second-order valence-corrected chi connectivity index (χ2v) is 2.23. The molecule has 5 heteroatoms. The molecule has 3 nitrogen and oxygen atoms in total. The SMILES string of the molecule is O.O=C(O)c1cccs1.[Cu+]. The molecule has 1 heterocycles. The molecule has 0 aromatic carbocycles. The first kappa shape index (κ1) is 12.3. The molecule has 0 radical (unpaired) electrons. The smallest absolute Gasteiger partial charge is 0.477 e. The van der Waals surface area contributed by atoms with Crippen LogP contribution in [0.5, 0.6) is 0 Å². The maximum atomic E-state index is 10.1. The summed E-state index contributed by atoms with van der Waals surface area (Å²) in [7, 11) is 0. The molecule has 0 bridgehead atoms. The van der Waals surface area contributed by atoms with E-state index in [9.17, 15) is 4.79 Å². The topological polar surface area (TPSA) is 68.8 Å². The fourth-order valence-corrected chi connectivity index (χ4v) is 0.962. The summed E-state index contributed by atoms with van der Waals surface area (Å²) in [6.07, 6.45) is 0. The Morgan fingerprint density at radius 2 is 2.20 bits per heavy atom. The molecule has 0 aliphatic carbocycles. The van der Waals surface area contributed by atoms with Gasteiger partial charge < -0.3 is 10.6 Å². The molecule has 10 heavy (non-hydrogen) atoms. The van der Waals surface area contributed by atoms with E-state index in [1.165, 1.54) is 11.3 Å². The third kappa shape index (κ3) is 2.98. The molecule has 0 spiro atoms. The molecule has 3 N–H and O–H groups in total. The number of carboxylic acid groups (broad SMARTS) is 1. The monoisotopic (exact) mass is 209 g/mol. The van der Waals surface area contributed by atoms with E-state index >= 15 is 0 Å². The van der Waals surface area contributed by atoms with Gasteiger partial charge in [-0.2, -0.15) is 0 Å². The van der Waals surface area contributed by atoms with Crippen molar-refractivity contribution in [3.05, 3.63) is 22.4 Å².